The molecule has 0 aliphatic rings. The lowest BCUT2D eigenvalue weighted by Gasteiger charge is -2.09. The van der Waals surface area contributed by atoms with E-state index in [4.69, 9.17) is 4.74 Å². The Bertz CT molecular complexity index is 503. The fourth-order valence-corrected chi connectivity index (χ4v) is 1.81. The average Bonchev–Trinajstić information content (AvgIpc) is 2.37. The molecular formula is C16H19NO. The Morgan fingerprint density at radius 1 is 1.11 bits per heavy atom. The van der Waals surface area contributed by atoms with Crippen LogP contribution in [0.5, 0.6) is 5.75 Å². The molecule has 18 heavy (non-hydrogen) atoms. The molecule has 0 bridgehead atoms. The number of hydrogen-bond acceptors (Lipinski definition) is 2. The first-order valence-electron chi connectivity index (χ1n) is 6.28. The molecule has 1 aromatic heterocycles. The molecule has 0 aliphatic carbocycles. The van der Waals surface area contributed by atoms with Crippen LogP contribution >= 0.6 is 0 Å². The van der Waals surface area contributed by atoms with Crippen molar-refractivity contribution in [1.29, 1.82) is 0 Å². The van der Waals surface area contributed by atoms with E-state index in [0.29, 0.717) is 12.5 Å². The molecule has 0 N–H and O–H groups in total. The van der Waals surface area contributed by atoms with Gasteiger partial charge in [-0.2, -0.15) is 0 Å². The molecule has 1 aromatic carbocycles. The highest BCUT2D eigenvalue weighted by molar-refractivity contribution is 5.29. The quantitative estimate of drug-likeness (QED) is 0.804. The third-order valence-corrected chi connectivity index (χ3v) is 2.88. The van der Waals surface area contributed by atoms with E-state index in [-0.39, 0.29) is 0 Å². The van der Waals surface area contributed by atoms with Gasteiger partial charge >= 0.3 is 0 Å². The largest absolute Gasteiger partial charge is 0.489 e. The molecule has 2 nitrogen and oxygen atoms in total. The van der Waals surface area contributed by atoms with Crippen molar-refractivity contribution < 1.29 is 4.74 Å². The maximum atomic E-state index is 5.74. The summed E-state index contributed by atoms with van der Waals surface area (Å²) in [6.07, 6.45) is 3.69. The molecule has 0 radical (unpaired) electrons. The van der Waals surface area contributed by atoms with E-state index in [9.17, 15) is 0 Å². The highest BCUT2D eigenvalue weighted by Crippen LogP contribution is 2.19. The van der Waals surface area contributed by atoms with Gasteiger partial charge in [-0.15, -0.1) is 0 Å². The molecule has 0 spiro atoms. The SMILES string of the molecule is Cc1cncc(COc2ccc(C(C)C)cc2)c1. The normalized spacial score (nSPS) is 10.7. The molecular weight excluding hydrogens is 222 g/mol. The summed E-state index contributed by atoms with van der Waals surface area (Å²) in [7, 11) is 0. The third kappa shape index (κ3) is 3.33. The molecule has 0 aliphatic heterocycles. The molecule has 94 valence electrons. The maximum absolute atomic E-state index is 5.74. The van der Waals surface area contributed by atoms with Crippen molar-refractivity contribution in [2.45, 2.75) is 33.3 Å². The van der Waals surface area contributed by atoms with E-state index in [0.717, 1.165) is 16.9 Å². The zero-order valence-electron chi connectivity index (χ0n) is 11.2. The van der Waals surface area contributed by atoms with Crippen molar-refractivity contribution in [3.8, 4) is 5.75 Å². The van der Waals surface area contributed by atoms with Gasteiger partial charge in [0.25, 0.3) is 0 Å². The van der Waals surface area contributed by atoms with E-state index >= 15 is 0 Å². The van der Waals surface area contributed by atoms with Gasteiger partial charge in [0.1, 0.15) is 12.4 Å². The second-order valence-electron chi connectivity index (χ2n) is 4.88. The molecule has 0 atom stereocenters. The first-order chi connectivity index (χ1) is 8.65. The zero-order valence-corrected chi connectivity index (χ0v) is 11.2. The van der Waals surface area contributed by atoms with Crippen LogP contribution in [0.25, 0.3) is 0 Å². The van der Waals surface area contributed by atoms with Crippen molar-refractivity contribution in [2.24, 2.45) is 0 Å². The number of rotatable bonds is 4. The summed E-state index contributed by atoms with van der Waals surface area (Å²) in [6, 6.07) is 10.4. The van der Waals surface area contributed by atoms with E-state index in [2.05, 4.69) is 37.0 Å². The number of hydrogen-bond donors (Lipinski definition) is 0. The Balaban J connectivity index is 1.98. The Hall–Kier alpha value is -1.83. The summed E-state index contributed by atoms with van der Waals surface area (Å²) in [5, 5.41) is 0. The van der Waals surface area contributed by atoms with Crippen LogP contribution in [0.2, 0.25) is 0 Å². The number of aromatic nitrogens is 1. The maximum Gasteiger partial charge on any atom is 0.119 e. The Labute approximate surface area is 109 Å². The lowest BCUT2D eigenvalue weighted by Crippen LogP contribution is -1.97. The molecule has 0 saturated carbocycles. The van der Waals surface area contributed by atoms with Crippen LogP contribution in [0.4, 0.5) is 0 Å². The highest BCUT2D eigenvalue weighted by atomic mass is 16.5. The average molecular weight is 241 g/mol. The van der Waals surface area contributed by atoms with Crippen LogP contribution in [0.15, 0.2) is 42.7 Å². The van der Waals surface area contributed by atoms with Crippen molar-refractivity contribution in [3.63, 3.8) is 0 Å². The number of aryl methyl sites for hydroxylation is 1. The number of ether oxygens (including phenoxy) is 1. The Morgan fingerprint density at radius 2 is 1.83 bits per heavy atom. The standard InChI is InChI=1S/C16H19NO/c1-12(2)15-4-6-16(7-5-15)18-11-14-8-13(3)9-17-10-14/h4-10,12H,11H2,1-3H3. The number of nitrogens with zero attached hydrogens (tertiary/aromatic N) is 1. The third-order valence-electron chi connectivity index (χ3n) is 2.88. The minimum absolute atomic E-state index is 0.556. The van der Waals surface area contributed by atoms with Gasteiger partial charge < -0.3 is 4.74 Å². The summed E-state index contributed by atoms with van der Waals surface area (Å²) in [5.74, 6) is 1.46. The van der Waals surface area contributed by atoms with Crippen LogP contribution < -0.4 is 4.74 Å². The lowest BCUT2D eigenvalue weighted by molar-refractivity contribution is 0.305. The molecule has 2 rings (SSSR count). The fourth-order valence-electron chi connectivity index (χ4n) is 1.81. The molecule has 0 unspecified atom stereocenters. The highest BCUT2D eigenvalue weighted by Gasteiger charge is 2.00. The monoisotopic (exact) mass is 241 g/mol. The first kappa shape index (κ1) is 12.6. The summed E-state index contributed by atoms with van der Waals surface area (Å²) in [5.41, 5.74) is 3.59. The summed E-state index contributed by atoms with van der Waals surface area (Å²) in [6.45, 7) is 6.98. The zero-order chi connectivity index (χ0) is 13.0. The second-order valence-corrected chi connectivity index (χ2v) is 4.88. The van der Waals surface area contributed by atoms with Gasteiger partial charge in [0.05, 0.1) is 0 Å². The van der Waals surface area contributed by atoms with Crippen molar-refractivity contribution in [1.82, 2.24) is 4.98 Å². The molecule has 0 fully saturated rings. The number of benzene rings is 1. The first-order valence-corrected chi connectivity index (χ1v) is 6.28. The van der Waals surface area contributed by atoms with E-state index in [1.807, 2.05) is 31.5 Å². The molecule has 1 heterocycles. The van der Waals surface area contributed by atoms with Gasteiger partial charge in [0.15, 0.2) is 0 Å². The number of pyridine rings is 1. The summed E-state index contributed by atoms with van der Waals surface area (Å²) in [4.78, 5) is 4.15. The topological polar surface area (TPSA) is 22.1 Å². The predicted octanol–water partition coefficient (Wildman–Crippen LogP) is 4.09. The predicted molar refractivity (Wildman–Crippen MR) is 73.8 cm³/mol. The lowest BCUT2D eigenvalue weighted by atomic mass is 10.0. The second kappa shape index (κ2) is 5.67. The van der Waals surface area contributed by atoms with E-state index in [1.54, 1.807) is 0 Å². The van der Waals surface area contributed by atoms with Crippen molar-refractivity contribution >= 4 is 0 Å². The minimum Gasteiger partial charge on any atom is -0.489 e. The summed E-state index contributed by atoms with van der Waals surface area (Å²) < 4.78 is 5.74. The Kier molecular flexibility index (Phi) is 3.98. The van der Waals surface area contributed by atoms with E-state index < -0.39 is 0 Å². The van der Waals surface area contributed by atoms with Crippen molar-refractivity contribution in [2.75, 3.05) is 0 Å². The van der Waals surface area contributed by atoms with Gasteiger partial charge in [0, 0.05) is 18.0 Å². The Morgan fingerprint density at radius 3 is 2.44 bits per heavy atom. The van der Waals surface area contributed by atoms with Gasteiger partial charge in [-0.05, 0) is 42.2 Å². The van der Waals surface area contributed by atoms with Crippen LogP contribution in [0.3, 0.4) is 0 Å². The fraction of sp³-hybridized carbons (Fsp3) is 0.312. The van der Waals surface area contributed by atoms with Crippen LogP contribution in [-0.4, -0.2) is 4.98 Å². The molecule has 2 aromatic rings. The van der Waals surface area contributed by atoms with Gasteiger partial charge in [-0.3, -0.25) is 4.98 Å². The smallest absolute Gasteiger partial charge is 0.119 e. The molecule has 2 heteroatoms. The molecule has 0 saturated heterocycles. The minimum atomic E-state index is 0.556. The van der Waals surface area contributed by atoms with Crippen LogP contribution in [-0.2, 0) is 6.61 Å². The summed E-state index contributed by atoms with van der Waals surface area (Å²) >= 11 is 0. The van der Waals surface area contributed by atoms with Crippen molar-refractivity contribution in [3.05, 3.63) is 59.4 Å². The van der Waals surface area contributed by atoms with Gasteiger partial charge in [0.2, 0.25) is 0 Å². The van der Waals surface area contributed by atoms with Gasteiger partial charge in [-0.1, -0.05) is 26.0 Å². The molecule has 0 amide bonds. The van der Waals surface area contributed by atoms with E-state index in [1.165, 1.54) is 5.56 Å². The van der Waals surface area contributed by atoms with Crippen LogP contribution in [0, 0.1) is 6.92 Å². The van der Waals surface area contributed by atoms with Crippen LogP contribution in [0.1, 0.15) is 36.5 Å². The van der Waals surface area contributed by atoms with Gasteiger partial charge in [-0.25, -0.2) is 0 Å².